The van der Waals surface area contributed by atoms with Crippen LogP contribution in [-0.2, 0) is 10.2 Å². The number of benzene rings is 2. The number of carbonyl (C=O) groups is 1. The Kier molecular flexibility index (Phi) is 6.50. The summed E-state index contributed by atoms with van der Waals surface area (Å²) in [7, 11) is 0. The average Bonchev–Trinajstić information content (AvgIpc) is 2.60. The van der Waals surface area contributed by atoms with Gasteiger partial charge in [0.1, 0.15) is 24.7 Å². The maximum absolute atomic E-state index is 11.8. The quantitative estimate of drug-likeness (QED) is 0.457. The molecule has 0 spiro atoms. The summed E-state index contributed by atoms with van der Waals surface area (Å²) in [6, 6.07) is 12.9. The van der Waals surface area contributed by atoms with E-state index in [4.69, 9.17) is 19.9 Å². The third-order valence-electron chi connectivity index (χ3n) is 3.85. The van der Waals surface area contributed by atoms with Gasteiger partial charge in [-0.1, -0.05) is 32.9 Å². The molecule has 0 heterocycles. The number of ether oxygens (including phenoxy) is 3. The summed E-state index contributed by atoms with van der Waals surface area (Å²) in [5, 5.41) is 0. The summed E-state index contributed by atoms with van der Waals surface area (Å²) >= 11 is 0. The third-order valence-corrected chi connectivity index (χ3v) is 3.85. The van der Waals surface area contributed by atoms with Crippen molar-refractivity contribution in [2.24, 2.45) is 0 Å². The Labute approximate surface area is 155 Å². The van der Waals surface area contributed by atoms with Crippen molar-refractivity contribution in [1.82, 2.24) is 0 Å². The Morgan fingerprint density at radius 2 is 1.65 bits per heavy atom. The minimum Gasteiger partial charge on any atom is -0.490 e. The molecule has 0 atom stereocenters. The molecule has 2 N–H and O–H groups in total. The largest absolute Gasteiger partial charge is 0.490 e. The van der Waals surface area contributed by atoms with E-state index in [1.54, 1.807) is 25.1 Å². The predicted molar refractivity (Wildman–Crippen MR) is 103 cm³/mol. The van der Waals surface area contributed by atoms with E-state index in [-0.39, 0.29) is 5.41 Å². The van der Waals surface area contributed by atoms with Gasteiger partial charge in [-0.2, -0.15) is 0 Å². The van der Waals surface area contributed by atoms with Crippen LogP contribution in [0, 0.1) is 0 Å². The van der Waals surface area contributed by atoms with Crippen LogP contribution in [0.3, 0.4) is 0 Å². The second-order valence-electron chi connectivity index (χ2n) is 6.94. The highest BCUT2D eigenvalue weighted by molar-refractivity contribution is 5.90. The fraction of sp³-hybridized carbons (Fsp3) is 0.381. The van der Waals surface area contributed by atoms with Gasteiger partial charge in [0.25, 0.3) is 0 Å². The topological polar surface area (TPSA) is 70.8 Å². The smallest absolute Gasteiger partial charge is 0.338 e. The number of nitrogens with two attached hydrogens (primary N) is 1. The molecule has 140 valence electrons. The molecule has 0 fully saturated rings. The zero-order chi connectivity index (χ0) is 19.2. The first kappa shape index (κ1) is 19.6. The predicted octanol–water partition coefficient (Wildman–Crippen LogP) is 4.20. The van der Waals surface area contributed by atoms with Crippen LogP contribution in [0.4, 0.5) is 5.69 Å². The zero-order valence-electron chi connectivity index (χ0n) is 15.9. The van der Waals surface area contributed by atoms with Crippen LogP contribution in [0.15, 0.2) is 42.5 Å². The molecule has 0 saturated heterocycles. The molecule has 2 aromatic rings. The highest BCUT2D eigenvalue weighted by Gasteiger charge is 2.13. The van der Waals surface area contributed by atoms with Gasteiger partial charge in [0.05, 0.1) is 17.9 Å². The molecule has 2 aromatic carbocycles. The fourth-order valence-electron chi connectivity index (χ4n) is 2.36. The Morgan fingerprint density at radius 3 is 2.27 bits per heavy atom. The zero-order valence-corrected chi connectivity index (χ0v) is 15.9. The first-order valence-corrected chi connectivity index (χ1v) is 8.74. The van der Waals surface area contributed by atoms with Gasteiger partial charge in [0.15, 0.2) is 0 Å². The van der Waals surface area contributed by atoms with Gasteiger partial charge in [-0.3, -0.25) is 0 Å². The SMILES string of the molecule is CCOC(=O)c1ccc(N)c(OCCOc2ccc(C(C)(C)C)cc2)c1. The maximum Gasteiger partial charge on any atom is 0.338 e. The molecule has 0 aromatic heterocycles. The molecule has 0 bridgehead atoms. The molecule has 0 saturated carbocycles. The maximum atomic E-state index is 11.8. The van der Waals surface area contributed by atoms with Crippen molar-refractivity contribution in [2.75, 3.05) is 25.6 Å². The Balaban J connectivity index is 1.88. The highest BCUT2D eigenvalue weighted by atomic mass is 16.5. The van der Waals surface area contributed by atoms with E-state index in [2.05, 4.69) is 32.9 Å². The van der Waals surface area contributed by atoms with Gasteiger partial charge < -0.3 is 19.9 Å². The van der Waals surface area contributed by atoms with Crippen molar-refractivity contribution >= 4 is 11.7 Å². The van der Waals surface area contributed by atoms with E-state index in [0.717, 1.165) is 5.75 Å². The van der Waals surface area contributed by atoms with Gasteiger partial charge in [0, 0.05) is 0 Å². The summed E-state index contributed by atoms with van der Waals surface area (Å²) in [6.45, 7) is 9.29. The summed E-state index contributed by atoms with van der Waals surface area (Å²) < 4.78 is 16.3. The summed E-state index contributed by atoms with van der Waals surface area (Å²) in [5.41, 5.74) is 8.14. The van der Waals surface area contributed by atoms with Crippen molar-refractivity contribution in [3.05, 3.63) is 53.6 Å². The number of rotatable bonds is 7. The van der Waals surface area contributed by atoms with Crippen molar-refractivity contribution in [3.8, 4) is 11.5 Å². The number of anilines is 1. The Bertz CT molecular complexity index is 733. The fourth-order valence-corrected chi connectivity index (χ4v) is 2.36. The molecule has 0 aliphatic rings. The monoisotopic (exact) mass is 357 g/mol. The molecule has 5 nitrogen and oxygen atoms in total. The van der Waals surface area contributed by atoms with Crippen LogP contribution >= 0.6 is 0 Å². The molecule has 0 aliphatic carbocycles. The van der Waals surface area contributed by atoms with E-state index < -0.39 is 5.97 Å². The van der Waals surface area contributed by atoms with Crippen LogP contribution in [0.1, 0.15) is 43.6 Å². The van der Waals surface area contributed by atoms with Gasteiger partial charge in [-0.25, -0.2) is 4.79 Å². The lowest BCUT2D eigenvalue weighted by Gasteiger charge is -2.19. The van der Waals surface area contributed by atoms with Gasteiger partial charge in [0.2, 0.25) is 0 Å². The number of hydrogen-bond acceptors (Lipinski definition) is 5. The van der Waals surface area contributed by atoms with Crippen LogP contribution in [0.2, 0.25) is 0 Å². The van der Waals surface area contributed by atoms with Crippen molar-refractivity contribution < 1.29 is 19.0 Å². The van der Waals surface area contributed by atoms with E-state index in [0.29, 0.717) is 36.8 Å². The van der Waals surface area contributed by atoms with E-state index >= 15 is 0 Å². The molecule has 0 aliphatic heterocycles. The van der Waals surface area contributed by atoms with Crippen molar-refractivity contribution in [3.63, 3.8) is 0 Å². The number of esters is 1. The van der Waals surface area contributed by atoms with Gasteiger partial charge >= 0.3 is 5.97 Å². The average molecular weight is 357 g/mol. The lowest BCUT2D eigenvalue weighted by atomic mass is 9.87. The molecule has 26 heavy (non-hydrogen) atoms. The lowest BCUT2D eigenvalue weighted by Crippen LogP contribution is -2.12. The van der Waals surface area contributed by atoms with Crippen molar-refractivity contribution in [2.45, 2.75) is 33.1 Å². The first-order chi connectivity index (χ1) is 12.3. The van der Waals surface area contributed by atoms with Crippen LogP contribution < -0.4 is 15.2 Å². The lowest BCUT2D eigenvalue weighted by molar-refractivity contribution is 0.0526. The van der Waals surface area contributed by atoms with E-state index in [1.807, 2.05) is 12.1 Å². The van der Waals surface area contributed by atoms with E-state index in [1.165, 1.54) is 5.56 Å². The van der Waals surface area contributed by atoms with Gasteiger partial charge in [-0.05, 0) is 48.2 Å². The molecular weight excluding hydrogens is 330 g/mol. The number of nitrogen functional groups attached to an aromatic ring is 1. The summed E-state index contributed by atoms with van der Waals surface area (Å²) in [5.74, 6) is 0.838. The highest BCUT2D eigenvalue weighted by Crippen LogP contribution is 2.25. The van der Waals surface area contributed by atoms with Crippen LogP contribution in [-0.4, -0.2) is 25.8 Å². The number of hydrogen-bond donors (Lipinski definition) is 1. The molecule has 2 rings (SSSR count). The minimum absolute atomic E-state index is 0.114. The van der Waals surface area contributed by atoms with Crippen molar-refractivity contribution in [1.29, 1.82) is 0 Å². The minimum atomic E-state index is -0.396. The Morgan fingerprint density at radius 1 is 1.00 bits per heavy atom. The molecule has 0 unspecified atom stereocenters. The van der Waals surface area contributed by atoms with Crippen LogP contribution in [0.25, 0.3) is 0 Å². The third kappa shape index (κ3) is 5.41. The molecule has 0 radical (unpaired) electrons. The molecule has 0 amide bonds. The molecular formula is C21H27NO4. The number of carbonyl (C=O) groups excluding carboxylic acids is 1. The Hall–Kier alpha value is -2.69. The van der Waals surface area contributed by atoms with Gasteiger partial charge in [-0.15, -0.1) is 0 Å². The second-order valence-corrected chi connectivity index (χ2v) is 6.94. The summed E-state index contributed by atoms with van der Waals surface area (Å²) in [4.78, 5) is 11.8. The van der Waals surface area contributed by atoms with E-state index in [9.17, 15) is 4.79 Å². The standard InChI is InChI=1S/C21H27NO4/c1-5-24-20(23)15-6-11-18(22)19(14-15)26-13-12-25-17-9-7-16(8-10-17)21(2,3)4/h6-11,14H,5,12-13,22H2,1-4H3. The molecule has 5 heteroatoms. The normalized spacial score (nSPS) is 11.1. The van der Waals surface area contributed by atoms with Crippen LogP contribution in [0.5, 0.6) is 11.5 Å². The first-order valence-electron chi connectivity index (χ1n) is 8.74. The second kappa shape index (κ2) is 8.61. The summed E-state index contributed by atoms with van der Waals surface area (Å²) in [6.07, 6.45) is 0.